The molecule has 1 aliphatic rings. The van der Waals surface area contributed by atoms with E-state index in [9.17, 15) is 4.79 Å². The largest absolute Gasteiger partial charge is 0.335 e. The summed E-state index contributed by atoms with van der Waals surface area (Å²) in [6.07, 6.45) is 2.43. The predicted molar refractivity (Wildman–Crippen MR) is 56.7 cm³/mol. The van der Waals surface area contributed by atoms with Gasteiger partial charge in [-0.2, -0.15) is 0 Å². The van der Waals surface area contributed by atoms with Crippen molar-refractivity contribution >= 4 is 5.91 Å². The van der Waals surface area contributed by atoms with Gasteiger partial charge in [-0.15, -0.1) is 0 Å². The first-order valence-electron chi connectivity index (χ1n) is 5.12. The van der Waals surface area contributed by atoms with Crippen molar-refractivity contribution in [1.82, 2.24) is 10.2 Å². The van der Waals surface area contributed by atoms with Crippen LogP contribution in [0.2, 0.25) is 0 Å². The van der Waals surface area contributed by atoms with Crippen LogP contribution in [0.5, 0.6) is 0 Å². The molecule has 1 fully saturated rings. The molecule has 1 N–H and O–H groups in total. The minimum absolute atomic E-state index is 0.0712. The highest BCUT2D eigenvalue weighted by atomic mass is 16.2. The third-order valence-corrected chi connectivity index (χ3v) is 2.51. The molecule has 1 aliphatic heterocycles. The van der Waals surface area contributed by atoms with Crippen molar-refractivity contribution in [1.29, 1.82) is 0 Å². The van der Waals surface area contributed by atoms with E-state index in [2.05, 4.69) is 17.2 Å². The molecule has 0 aromatic heterocycles. The van der Waals surface area contributed by atoms with E-state index in [-0.39, 0.29) is 5.91 Å². The molecule has 1 rings (SSSR count). The van der Waals surface area contributed by atoms with Crippen LogP contribution in [-0.4, -0.2) is 37.5 Å². The number of hydrogen-bond donors (Lipinski definition) is 1. The number of nitrogens with zero attached hydrogens (tertiary/aromatic N) is 1. The summed E-state index contributed by atoms with van der Waals surface area (Å²) in [5.74, 6) is 5.70. The molecule has 1 saturated heterocycles. The Kier molecular flexibility index (Phi) is 4.48. The summed E-state index contributed by atoms with van der Waals surface area (Å²) in [5, 5.41) is 3.34. The van der Waals surface area contributed by atoms with Gasteiger partial charge >= 0.3 is 0 Å². The summed E-state index contributed by atoms with van der Waals surface area (Å²) in [7, 11) is 1.82. The quantitative estimate of drug-likeness (QED) is 0.648. The molecule has 78 valence electrons. The normalized spacial score (nSPS) is 20.9. The van der Waals surface area contributed by atoms with Crippen LogP contribution in [0, 0.1) is 17.8 Å². The Morgan fingerprint density at radius 1 is 1.64 bits per heavy atom. The first-order chi connectivity index (χ1) is 6.74. The van der Waals surface area contributed by atoms with Crippen molar-refractivity contribution in [3.63, 3.8) is 0 Å². The van der Waals surface area contributed by atoms with Crippen LogP contribution in [0.1, 0.15) is 19.8 Å². The van der Waals surface area contributed by atoms with Gasteiger partial charge in [0.05, 0.1) is 0 Å². The van der Waals surface area contributed by atoms with Crippen molar-refractivity contribution in [2.24, 2.45) is 5.92 Å². The van der Waals surface area contributed by atoms with E-state index in [1.165, 1.54) is 12.8 Å². The molecule has 0 aromatic carbocycles. The Labute approximate surface area is 85.9 Å². The summed E-state index contributed by atoms with van der Waals surface area (Å²) >= 11 is 0. The Morgan fingerprint density at radius 3 is 3.00 bits per heavy atom. The van der Waals surface area contributed by atoms with E-state index in [0.717, 1.165) is 19.6 Å². The van der Waals surface area contributed by atoms with E-state index < -0.39 is 0 Å². The first-order valence-corrected chi connectivity index (χ1v) is 5.12. The third kappa shape index (κ3) is 3.39. The number of carbonyl (C=O) groups is 1. The fourth-order valence-corrected chi connectivity index (χ4v) is 1.75. The zero-order chi connectivity index (χ0) is 10.4. The molecule has 0 bridgehead atoms. The highest BCUT2D eigenvalue weighted by Crippen LogP contribution is 2.10. The lowest BCUT2D eigenvalue weighted by Gasteiger charge is -2.26. The molecule has 14 heavy (non-hydrogen) atoms. The van der Waals surface area contributed by atoms with Crippen molar-refractivity contribution in [2.45, 2.75) is 19.8 Å². The lowest BCUT2D eigenvalue weighted by molar-refractivity contribution is -0.124. The fourth-order valence-electron chi connectivity index (χ4n) is 1.75. The van der Waals surface area contributed by atoms with Crippen LogP contribution in [0.25, 0.3) is 0 Å². The van der Waals surface area contributed by atoms with Crippen molar-refractivity contribution in [3.05, 3.63) is 0 Å². The maximum absolute atomic E-state index is 11.3. The number of hydrogen-bond acceptors (Lipinski definition) is 2. The van der Waals surface area contributed by atoms with Crippen LogP contribution in [0.3, 0.4) is 0 Å². The Morgan fingerprint density at radius 2 is 2.43 bits per heavy atom. The second-order valence-corrected chi connectivity index (χ2v) is 3.77. The Hall–Kier alpha value is -1.01. The van der Waals surface area contributed by atoms with Gasteiger partial charge in [-0.3, -0.25) is 4.79 Å². The van der Waals surface area contributed by atoms with Gasteiger partial charge in [-0.25, -0.2) is 0 Å². The number of piperidine rings is 1. The summed E-state index contributed by atoms with van der Waals surface area (Å²) in [4.78, 5) is 13.1. The molecule has 3 nitrogen and oxygen atoms in total. The lowest BCUT2D eigenvalue weighted by Crippen LogP contribution is -2.38. The van der Waals surface area contributed by atoms with Gasteiger partial charge in [-0.1, -0.05) is 5.92 Å². The van der Waals surface area contributed by atoms with Gasteiger partial charge in [0, 0.05) is 13.6 Å². The molecule has 0 aromatic rings. The Balaban J connectivity index is 2.33. The van der Waals surface area contributed by atoms with Gasteiger partial charge in [0.25, 0.3) is 5.91 Å². The topological polar surface area (TPSA) is 32.3 Å². The van der Waals surface area contributed by atoms with Gasteiger partial charge in [-0.05, 0) is 44.7 Å². The summed E-state index contributed by atoms with van der Waals surface area (Å²) in [6, 6.07) is 0. The minimum Gasteiger partial charge on any atom is -0.335 e. The fraction of sp³-hybridized carbons (Fsp3) is 0.727. The highest BCUT2D eigenvalue weighted by Gasteiger charge is 2.16. The van der Waals surface area contributed by atoms with E-state index >= 15 is 0 Å². The van der Waals surface area contributed by atoms with Gasteiger partial charge in [0.15, 0.2) is 0 Å². The molecule has 0 saturated carbocycles. The number of nitrogens with one attached hydrogen (secondary N) is 1. The smallest absolute Gasteiger partial charge is 0.298 e. The van der Waals surface area contributed by atoms with Crippen LogP contribution in [0.15, 0.2) is 0 Å². The molecule has 1 amide bonds. The maximum atomic E-state index is 11.3. The molecular weight excluding hydrogens is 176 g/mol. The van der Waals surface area contributed by atoms with Crippen molar-refractivity contribution in [3.8, 4) is 11.8 Å². The van der Waals surface area contributed by atoms with E-state index in [1.807, 2.05) is 7.05 Å². The van der Waals surface area contributed by atoms with Crippen LogP contribution in [0.4, 0.5) is 0 Å². The summed E-state index contributed by atoms with van der Waals surface area (Å²) < 4.78 is 0. The summed E-state index contributed by atoms with van der Waals surface area (Å²) in [5.41, 5.74) is 0. The second-order valence-electron chi connectivity index (χ2n) is 3.77. The third-order valence-electron chi connectivity index (χ3n) is 2.51. The molecule has 1 unspecified atom stereocenters. The average Bonchev–Trinajstić information content (AvgIpc) is 2.19. The van der Waals surface area contributed by atoms with Gasteiger partial charge < -0.3 is 10.2 Å². The van der Waals surface area contributed by atoms with Crippen LogP contribution < -0.4 is 5.32 Å². The SMILES string of the molecule is CC#CC(=O)N(C)CC1CCCNC1. The molecule has 0 aliphatic carbocycles. The van der Waals surface area contributed by atoms with Gasteiger partial charge in [0.1, 0.15) is 0 Å². The second kappa shape index (κ2) is 5.66. The monoisotopic (exact) mass is 194 g/mol. The molecular formula is C11H18N2O. The molecule has 1 atom stereocenters. The zero-order valence-corrected chi connectivity index (χ0v) is 8.97. The van der Waals surface area contributed by atoms with E-state index in [4.69, 9.17) is 0 Å². The van der Waals surface area contributed by atoms with E-state index in [1.54, 1.807) is 11.8 Å². The van der Waals surface area contributed by atoms with Crippen molar-refractivity contribution < 1.29 is 4.79 Å². The molecule has 0 spiro atoms. The van der Waals surface area contributed by atoms with Gasteiger partial charge in [0.2, 0.25) is 0 Å². The lowest BCUT2D eigenvalue weighted by atomic mass is 9.99. The predicted octanol–water partition coefficient (Wildman–Crippen LogP) is 0.468. The van der Waals surface area contributed by atoms with Crippen molar-refractivity contribution in [2.75, 3.05) is 26.7 Å². The zero-order valence-electron chi connectivity index (χ0n) is 8.97. The average molecular weight is 194 g/mol. The molecule has 3 heteroatoms. The van der Waals surface area contributed by atoms with E-state index in [0.29, 0.717) is 5.92 Å². The highest BCUT2D eigenvalue weighted by molar-refractivity contribution is 5.93. The standard InChI is InChI=1S/C11H18N2O/c1-3-5-11(14)13(2)9-10-6-4-7-12-8-10/h10,12H,4,6-9H2,1-2H3. The maximum Gasteiger partial charge on any atom is 0.298 e. The summed E-state index contributed by atoms with van der Waals surface area (Å²) in [6.45, 7) is 4.65. The number of carbonyl (C=O) groups excluding carboxylic acids is 1. The molecule has 0 radical (unpaired) electrons. The Bertz CT molecular complexity index is 246. The molecule has 1 heterocycles. The minimum atomic E-state index is -0.0712. The van der Waals surface area contributed by atoms with Crippen LogP contribution in [-0.2, 0) is 4.79 Å². The first kappa shape index (κ1) is 11.1. The van der Waals surface area contributed by atoms with Crippen LogP contribution >= 0.6 is 0 Å². The number of amides is 1. The number of rotatable bonds is 2.